The van der Waals surface area contributed by atoms with Crippen molar-refractivity contribution in [3.63, 3.8) is 0 Å². The molecule has 20 heavy (non-hydrogen) atoms. The summed E-state index contributed by atoms with van der Waals surface area (Å²) < 4.78 is 11.2. The van der Waals surface area contributed by atoms with Gasteiger partial charge in [-0.15, -0.1) is 0 Å². The second-order valence-corrected chi connectivity index (χ2v) is 6.19. The minimum atomic E-state index is -1.76. The van der Waals surface area contributed by atoms with Crippen molar-refractivity contribution in [1.29, 1.82) is 21.2 Å². The van der Waals surface area contributed by atoms with E-state index in [0.29, 0.717) is 0 Å². The number of nitrogens with one attached hydrogen (secondary N) is 1. The van der Waals surface area contributed by atoms with Crippen LogP contribution in [0.2, 0.25) is 0 Å². The fourth-order valence-electron chi connectivity index (χ4n) is 3.41. The van der Waals surface area contributed by atoms with Crippen LogP contribution < -0.4 is 0 Å². The Morgan fingerprint density at radius 2 is 1.70 bits per heavy atom. The molecule has 6 heteroatoms. The first-order valence-electron chi connectivity index (χ1n) is 6.40. The summed E-state index contributed by atoms with van der Waals surface area (Å²) in [5, 5.41) is 37.1. The molecule has 2 aliphatic heterocycles. The zero-order valence-corrected chi connectivity index (χ0v) is 11.9. The third-order valence-electron chi connectivity index (χ3n) is 4.54. The van der Waals surface area contributed by atoms with Gasteiger partial charge >= 0.3 is 0 Å². The summed E-state index contributed by atoms with van der Waals surface area (Å²) in [6, 6.07) is 6.00. The molecule has 0 aromatic carbocycles. The van der Waals surface area contributed by atoms with Gasteiger partial charge in [0.25, 0.3) is 0 Å². The number of nitriles is 3. The van der Waals surface area contributed by atoms with Crippen molar-refractivity contribution >= 4 is 5.90 Å². The van der Waals surface area contributed by atoms with Gasteiger partial charge in [0.1, 0.15) is 0 Å². The highest BCUT2D eigenvalue weighted by molar-refractivity contribution is 5.89. The molecule has 0 aromatic heterocycles. The third kappa shape index (κ3) is 1.17. The maximum atomic E-state index is 9.74. The second kappa shape index (κ2) is 3.95. The van der Waals surface area contributed by atoms with Crippen LogP contribution in [-0.2, 0) is 9.47 Å². The second-order valence-electron chi connectivity index (χ2n) is 6.19. The fourth-order valence-corrected chi connectivity index (χ4v) is 3.41. The molecular formula is C14H16N4O2. The molecule has 0 aromatic rings. The van der Waals surface area contributed by atoms with E-state index >= 15 is 0 Å². The highest BCUT2D eigenvalue weighted by Crippen LogP contribution is 2.65. The Bertz CT molecular complexity index is 576. The lowest BCUT2D eigenvalue weighted by molar-refractivity contribution is -0.241. The summed E-state index contributed by atoms with van der Waals surface area (Å²) >= 11 is 0. The van der Waals surface area contributed by atoms with Gasteiger partial charge in [0.05, 0.1) is 29.7 Å². The number of rotatable bonds is 1. The first-order chi connectivity index (χ1) is 9.25. The van der Waals surface area contributed by atoms with Gasteiger partial charge in [-0.3, -0.25) is 5.41 Å². The van der Waals surface area contributed by atoms with E-state index in [1.54, 1.807) is 13.8 Å². The van der Waals surface area contributed by atoms with Gasteiger partial charge in [-0.2, -0.15) is 15.8 Å². The molecule has 0 spiro atoms. The van der Waals surface area contributed by atoms with E-state index in [4.69, 9.17) is 14.9 Å². The van der Waals surface area contributed by atoms with Crippen LogP contribution in [0.25, 0.3) is 0 Å². The Labute approximate surface area is 118 Å². The SMILES string of the molecule is CC(C)C1OC2OC(=N)C(C#N)(C2(C)C)C1(C#N)C#N. The number of ether oxygens (including phenoxy) is 2. The average Bonchev–Trinajstić information content (AvgIpc) is 2.52. The Hall–Kier alpha value is -2.10. The maximum Gasteiger partial charge on any atom is 0.209 e. The highest BCUT2D eigenvalue weighted by Gasteiger charge is 2.79. The van der Waals surface area contributed by atoms with Crippen molar-refractivity contribution in [1.82, 2.24) is 0 Å². The predicted molar refractivity (Wildman–Crippen MR) is 67.8 cm³/mol. The first-order valence-corrected chi connectivity index (χ1v) is 6.40. The van der Waals surface area contributed by atoms with Gasteiger partial charge in [-0.05, 0) is 5.92 Å². The van der Waals surface area contributed by atoms with Crippen LogP contribution in [0.15, 0.2) is 0 Å². The van der Waals surface area contributed by atoms with E-state index in [1.807, 2.05) is 26.0 Å². The van der Waals surface area contributed by atoms with Gasteiger partial charge in [0, 0.05) is 0 Å². The lowest BCUT2D eigenvalue weighted by Gasteiger charge is -2.50. The van der Waals surface area contributed by atoms with Gasteiger partial charge < -0.3 is 9.47 Å². The van der Waals surface area contributed by atoms with Crippen molar-refractivity contribution in [2.75, 3.05) is 0 Å². The van der Waals surface area contributed by atoms with Crippen molar-refractivity contribution in [2.45, 2.75) is 40.1 Å². The number of hydrogen-bond acceptors (Lipinski definition) is 6. The quantitative estimate of drug-likeness (QED) is 0.783. The third-order valence-corrected chi connectivity index (χ3v) is 4.54. The fraction of sp³-hybridized carbons (Fsp3) is 0.714. The monoisotopic (exact) mass is 272 g/mol. The van der Waals surface area contributed by atoms with Crippen LogP contribution >= 0.6 is 0 Å². The minimum absolute atomic E-state index is 0.157. The number of fused-ring (bicyclic) bond motifs is 2. The van der Waals surface area contributed by atoms with Crippen LogP contribution in [0.5, 0.6) is 0 Å². The molecule has 1 N–H and O–H groups in total. The van der Waals surface area contributed by atoms with E-state index in [0.717, 1.165) is 0 Å². The van der Waals surface area contributed by atoms with E-state index < -0.39 is 28.6 Å². The Morgan fingerprint density at radius 3 is 2.10 bits per heavy atom. The molecule has 2 heterocycles. The topological polar surface area (TPSA) is 114 Å². The average molecular weight is 272 g/mol. The standard InChI is InChI=1S/C14H16N4O2/c1-8(2)9-13(5-15,6-16)14(7-17)10(18)20-11(19-9)12(14,3)4/h8-9,11,18H,1-4H3. The van der Waals surface area contributed by atoms with Crippen LogP contribution in [0.1, 0.15) is 27.7 Å². The lowest BCUT2D eigenvalue weighted by Crippen LogP contribution is -2.63. The summed E-state index contributed by atoms with van der Waals surface area (Å²) in [5.41, 5.74) is -4.33. The largest absolute Gasteiger partial charge is 0.450 e. The minimum Gasteiger partial charge on any atom is -0.450 e. The van der Waals surface area contributed by atoms with Crippen LogP contribution in [0.3, 0.4) is 0 Å². The van der Waals surface area contributed by atoms with Crippen LogP contribution in [0, 0.1) is 61.6 Å². The van der Waals surface area contributed by atoms with Gasteiger partial charge in [0.2, 0.25) is 12.2 Å². The van der Waals surface area contributed by atoms with Crippen LogP contribution in [0.4, 0.5) is 0 Å². The van der Waals surface area contributed by atoms with Gasteiger partial charge in [-0.25, -0.2) is 0 Å². The Balaban J connectivity index is 2.84. The van der Waals surface area contributed by atoms with E-state index in [1.165, 1.54) is 0 Å². The van der Waals surface area contributed by atoms with Crippen LogP contribution in [-0.4, -0.2) is 18.3 Å². The summed E-state index contributed by atoms with van der Waals surface area (Å²) in [4.78, 5) is 0. The lowest BCUT2D eigenvalue weighted by atomic mass is 9.49. The zero-order valence-electron chi connectivity index (χ0n) is 11.9. The predicted octanol–water partition coefficient (Wildman–Crippen LogP) is 1.94. The molecule has 0 saturated carbocycles. The molecule has 0 aliphatic carbocycles. The molecule has 2 aliphatic rings. The number of hydrogen-bond donors (Lipinski definition) is 1. The van der Waals surface area contributed by atoms with Crippen molar-refractivity contribution in [3.05, 3.63) is 0 Å². The molecule has 0 amide bonds. The van der Waals surface area contributed by atoms with E-state index in [2.05, 4.69) is 6.07 Å². The van der Waals surface area contributed by atoms with Crippen molar-refractivity contribution < 1.29 is 9.47 Å². The molecular weight excluding hydrogens is 256 g/mol. The maximum absolute atomic E-state index is 9.74. The summed E-state index contributed by atoms with van der Waals surface area (Å²) in [6.07, 6.45) is -1.57. The van der Waals surface area contributed by atoms with E-state index in [-0.39, 0.29) is 11.8 Å². The molecule has 2 bridgehead atoms. The summed E-state index contributed by atoms with van der Waals surface area (Å²) in [6.45, 7) is 7.03. The molecule has 104 valence electrons. The zero-order chi connectivity index (χ0) is 15.3. The molecule has 2 fully saturated rings. The highest BCUT2D eigenvalue weighted by atomic mass is 16.7. The normalized spacial score (nSPS) is 36.6. The summed E-state index contributed by atoms with van der Waals surface area (Å²) in [7, 11) is 0. The molecule has 2 rings (SSSR count). The summed E-state index contributed by atoms with van der Waals surface area (Å²) in [5.74, 6) is -0.503. The molecule has 2 saturated heterocycles. The van der Waals surface area contributed by atoms with Crippen molar-refractivity contribution in [3.8, 4) is 18.2 Å². The first kappa shape index (κ1) is 14.3. The Kier molecular flexibility index (Phi) is 2.82. The molecule has 3 unspecified atom stereocenters. The van der Waals surface area contributed by atoms with Gasteiger partial charge in [0.15, 0.2) is 10.8 Å². The smallest absolute Gasteiger partial charge is 0.209 e. The van der Waals surface area contributed by atoms with Crippen molar-refractivity contribution in [2.24, 2.45) is 22.2 Å². The van der Waals surface area contributed by atoms with Gasteiger partial charge in [-0.1, -0.05) is 27.7 Å². The van der Waals surface area contributed by atoms with E-state index in [9.17, 15) is 15.8 Å². The Morgan fingerprint density at radius 1 is 1.15 bits per heavy atom. The molecule has 0 radical (unpaired) electrons. The molecule has 3 atom stereocenters. The number of nitrogens with zero attached hydrogens (tertiary/aromatic N) is 3. The molecule has 6 nitrogen and oxygen atoms in total.